The Balaban J connectivity index is 2.15. The molecule has 0 saturated heterocycles. The van der Waals surface area contributed by atoms with Crippen LogP contribution in [0.2, 0.25) is 0 Å². The number of rotatable bonds is 4. The summed E-state index contributed by atoms with van der Waals surface area (Å²) in [5, 5.41) is 9.44. The second kappa shape index (κ2) is 3.20. The second-order valence-corrected chi connectivity index (χ2v) is 3.35. The van der Waals surface area contributed by atoms with Crippen LogP contribution >= 0.6 is 0 Å². The highest BCUT2D eigenvalue weighted by Crippen LogP contribution is 2.35. The van der Waals surface area contributed by atoms with Gasteiger partial charge in [0.1, 0.15) is 0 Å². The quantitative estimate of drug-likeness (QED) is 0.592. The Hall–Kier alpha value is -0.300. The maximum absolute atomic E-state index is 9.44. The fourth-order valence-corrected chi connectivity index (χ4v) is 1.15. The van der Waals surface area contributed by atoms with E-state index >= 15 is 0 Å². The molecule has 0 aromatic carbocycles. The van der Waals surface area contributed by atoms with Crippen LogP contribution < -0.4 is 0 Å². The topological polar surface area (TPSA) is 20.2 Å². The molecule has 1 nitrogen and oxygen atoms in total. The molecule has 1 N–H and O–H groups in total. The SMILES string of the molecule is C=CC(C)CC(O)C1CC1. The van der Waals surface area contributed by atoms with Gasteiger partial charge in [-0.15, -0.1) is 6.58 Å². The highest BCUT2D eigenvalue weighted by molar-refractivity contribution is 4.85. The van der Waals surface area contributed by atoms with Crippen molar-refractivity contribution in [1.82, 2.24) is 0 Å². The van der Waals surface area contributed by atoms with E-state index < -0.39 is 0 Å². The number of hydrogen-bond donors (Lipinski definition) is 1. The minimum absolute atomic E-state index is 0.0620. The van der Waals surface area contributed by atoms with E-state index in [1.165, 1.54) is 12.8 Å². The molecule has 0 bridgehead atoms. The molecule has 2 atom stereocenters. The smallest absolute Gasteiger partial charge is 0.0573 e. The molecule has 1 rings (SSSR count). The lowest BCUT2D eigenvalue weighted by Crippen LogP contribution is -2.12. The number of aliphatic hydroxyl groups is 1. The average Bonchev–Trinajstić information content (AvgIpc) is 2.68. The Morgan fingerprint density at radius 1 is 1.70 bits per heavy atom. The van der Waals surface area contributed by atoms with E-state index in [0.29, 0.717) is 11.8 Å². The minimum atomic E-state index is -0.0620. The van der Waals surface area contributed by atoms with Crippen LogP contribution in [0.5, 0.6) is 0 Å². The van der Waals surface area contributed by atoms with E-state index in [9.17, 15) is 5.11 Å². The summed E-state index contributed by atoms with van der Waals surface area (Å²) in [7, 11) is 0. The van der Waals surface area contributed by atoms with Crippen molar-refractivity contribution in [2.45, 2.75) is 32.3 Å². The molecule has 2 unspecified atom stereocenters. The van der Waals surface area contributed by atoms with E-state index in [1.807, 2.05) is 6.08 Å². The predicted octanol–water partition coefficient (Wildman–Crippen LogP) is 1.97. The van der Waals surface area contributed by atoms with Crippen molar-refractivity contribution in [3.8, 4) is 0 Å². The summed E-state index contributed by atoms with van der Waals surface area (Å²) in [6, 6.07) is 0. The van der Waals surface area contributed by atoms with Gasteiger partial charge in [-0.25, -0.2) is 0 Å². The summed E-state index contributed by atoms with van der Waals surface area (Å²) in [6.45, 7) is 5.78. The van der Waals surface area contributed by atoms with Gasteiger partial charge >= 0.3 is 0 Å². The van der Waals surface area contributed by atoms with Crippen molar-refractivity contribution >= 4 is 0 Å². The monoisotopic (exact) mass is 140 g/mol. The van der Waals surface area contributed by atoms with Crippen LogP contribution in [-0.4, -0.2) is 11.2 Å². The van der Waals surface area contributed by atoms with Crippen LogP contribution in [0.15, 0.2) is 12.7 Å². The molecule has 0 radical (unpaired) electrons. The zero-order valence-electron chi connectivity index (χ0n) is 6.59. The second-order valence-electron chi connectivity index (χ2n) is 3.35. The van der Waals surface area contributed by atoms with Crippen molar-refractivity contribution in [2.24, 2.45) is 11.8 Å². The molecule has 1 fully saturated rings. The fourth-order valence-electron chi connectivity index (χ4n) is 1.15. The lowest BCUT2D eigenvalue weighted by atomic mass is 10.0. The van der Waals surface area contributed by atoms with Crippen LogP contribution in [0, 0.1) is 11.8 Å². The first-order valence-electron chi connectivity index (χ1n) is 4.04. The first-order valence-corrected chi connectivity index (χ1v) is 4.04. The van der Waals surface area contributed by atoms with Gasteiger partial charge in [0.05, 0.1) is 6.10 Å². The normalized spacial score (nSPS) is 23.8. The summed E-state index contributed by atoms with van der Waals surface area (Å²) in [6.07, 6.45) is 5.20. The van der Waals surface area contributed by atoms with Crippen molar-refractivity contribution in [3.05, 3.63) is 12.7 Å². The summed E-state index contributed by atoms with van der Waals surface area (Å²) in [4.78, 5) is 0. The molecule has 0 aliphatic heterocycles. The van der Waals surface area contributed by atoms with Crippen LogP contribution in [0.3, 0.4) is 0 Å². The van der Waals surface area contributed by atoms with E-state index in [4.69, 9.17) is 0 Å². The molecular weight excluding hydrogens is 124 g/mol. The van der Waals surface area contributed by atoms with Crippen LogP contribution in [0.4, 0.5) is 0 Å². The van der Waals surface area contributed by atoms with Gasteiger partial charge in [0.15, 0.2) is 0 Å². The number of aliphatic hydroxyl groups excluding tert-OH is 1. The van der Waals surface area contributed by atoms with Crippen LogP contribution in [0.25, 0.3) is 0 Å². The third-order valence-corrected chi connectivity index (χ3v) is 2.18. The van der Waals surface area contributed by atoms with Crippen molar-refractivity contribution < 1.29 is 5.11 Å². The Labute approximate surface area is 62.8 Å². The summed E-state index contributed by atoms with van der Waals surface area (Å²) < 4.78 is 0. The Morgan fingerprint density at radius 3 is 2.70 bits per heavy atom. The van der Waals surface area contributed by atoms with E-state index in [-0.39, 0.29) is 6.10 Å². The lowest BCUT2D eigenvalue weighted by Gasteiger charge is -2.11. The maximum Gasteiger partial charge on any atom is 0.0573 e. The lowest BCUT2D eigenvalue weighted by molar-refractivity contribution is 0.131. The zero-order chi connectivity index (χ0) is 7.56. The number of hydrogen-bond acceptors (Lipinski definition) is 1. The summed E-state index contributed by atoms with van der Waals surface area (Å²) in [5.74, 6) is 1.08. The predicted molar refractivity (Wildman–Crippen MR) is 42.7 cm³/mol. The van der Waals surface area contributed by atoms with Crippen molar-refractivity contribution in [3.63, 3.8) is 0 Å². The first-order chi connectivity index (χ1) is 4.74. The Kier molecular flexibility index (Phi) is 2.50. The molecule has 0 aromatic rings. The summed E-state index contributed by atoms with van der Waals surface area (Å²) >= 11 is 0. The van der Waals surface area contributed by atoms with Gasteiger partial charge in [-0.2, -0.15) is 0 Å². The number of allylic oxidation sites excluding steroid dienone is 1. The first kappa shape index (κ1) is 7.80. The van der Waals surface area contributed by atoms with E-state index in [0.717, 1.165) is 6.42 Å². The molecule has 0 amide bonds. The van der Waals surface area contributed by atoms with Gasteiger partial charge in [0.25, 0.3) is 0 Å². The molecule has 1 heteroatoms. The molecule has 0 aromatic heterocycles. The Bertz CT molecular complexity index is 116. The highest BCUT2D eigenvalue weighted by Gasteiger charge is 2.29. The molecule has 0 spiro atoms. The van der Waals surface area contributed by atoms with Gasteiger partial charge in [0.2, 0.25) is 0 Å². The molecule has 1 aliphatic rings. The van der Waals surface area contributed by atoms with Gasteiger partial charge in [-0.3, -0.25) is 0 Å². The third kappa shape index (κ3) is 2.14. The maximum atomic E-state index is 9.44. The molecule has 1 saturated carbocycles. The highest BCUT2D eigenvalue weighted by atomic mass is 16.3. The van der Waals surface area contributed by atoms with Crippen molar-refractivity contribution in [2.75, 3.05) is 0 Å². The average molecular weight is 140 g/mol. The Morgan fingerprint density at radius 2 is 2.30 bits per heavy atom. The van der Waals surface area contributed by atoms with Gasteiger partial charge in [-0.1, -0.05) is 13.0 Å². The van der Waals surface area contributed by atoms with Gasteiger partial charge < -0.3 is 5.11 Å². The summed E-state index contributed by atoms with van der Waals surface area (Å²) in [5.41, 5.74) is 0. The van der Waals surface area contributed by atoms with Gasteiger partial charge in [0, 0.05) is 0 Å². The van der Waals surface area contributed by atoms with E-state index in [1.54, 1.807) is 0 Å². The molecule has 58 valence electrons. The van der Waals surface area contributed by atoms with Crippen LogP contribution in [-0.2, 0) is 0 Å². The van der Waals surface area contributed by atoms with Crippen LogP contribution in [0.1, 0.15) is 26.2 Å². The largest absolute Gasteiger partial charge is 0.393 e. The molecule has 10 heavy (non-hydrogen) atoms. The zero-order valence-corrected chi connectivity index (χ0v) is 6.59. The molecular formula is C9H16O. The van der Waals surface area contributed by atoms with E-state index in [2.05, 4.69) is 13.5 Å². The third-order valence-electron chi connectivity index (χ3n) is 2.18. The standard InChI is InChI=1S/C9H16O/c1-3-7(2)6-9(10)8-4-5-8/h3,7-10H,1,4-6H2,2H3. The minimum Gasteiger partial charge on any atom is -0.393 e. The van der Waals surface area contributed by atoms with Crippen molar-refractivity contribution in [1.29, 1.82) is 0 Å². The molecule has 1 aliphatic carbocycles. The fraction of sp³-hybridized carbons (Fsp3) is 0.778. The molecule has 0 heterocycles. The van der Waals surface area contributed by atoms with Gasteiger partial charge in [-0.05, 0) is 31.1 Å².